The van der Waals surface area contributed by atoms with Gasteiger partial charge in [-0.3, -0.25) is 9.80 Å². The molecule has 0 aromatic carbocycles. The Bertz CT molecular complexity index is 218. The number of piperazine rings is 1. The lowest BCUT2D eigenvalue weighted by Crippen LogP contribution is -2.56. The largest absolute Gasteiger partial charge is 0.315 e. The molecule has 0 saturated carbocycles. The van der Waals surface area contributed by atoms with Crippen LogP contribution in [0.2, 0.25) is 0 Å². The molecule has 0 radical (unpaired) electrons. The summed E-state index contributed by atoms with van der Waals surface area (Å²) in [7, 11) is 0. The molecule has 0 aliphatic carbocycles. The molecule has 1 fully saturated rings. The van der Waals surface area contributed by atoms with Crippen molar-refractivity contribution in [2.24, 2.45) is 5.92 Å². The minimum atomic E-state index is 0.711. The molecule has 3 nitrogen and oxygen atoms in total. The van der Waals surface area contributed by atoms with Gasteiger partial charge in [-0.25, -0.2) is 0 Å². The Kier molecular flexibility index (Phi) is 7.20. The van der Waals surface area contributed by atoms with Crippen LogP contribution in [-0.2, 0) is 0 Å². The van der Waals surface area contributed by atoms with E-state index in [1.165, 1.54) is 32.6 Å². The third kappa shape index (κ3) is 4.87. The average molecular weight is 255 g/mol. The molecule has 1 saturated heterocycles. The highest BCUT2D eigenvalue weighted by Crippen LogP contribution is 2.13. The molecule has 1 rings (SSSR count). The molecule has 1 aliphatic rings. The molecule has 0 aromatic heterocycles. The van der Waals surface area contributed by atoms with Crippen LogP contribution in [-0.4, -0.2) is 61.2 Å². The van der Waals surface area contributed by atoms with Crippen molar-refractivity contribution in [1.29, 1.82) is 0 Å². The van der Waals surface area contributed by atoms with Gasteiger partial charge >= 0.3 is 0 Å². The van der Waals surface area contributed by atoms with Crippen molar-refractivity contribution in [2.75, 3.05) is 39.3 Å². The van der Waals surface area contributed by atoms with E-state index in [1.807, 2.05) is 0 Å². The van der Waals surface area contributed by atoms with Crippen molar-refractivity contribution >= 4 is 0 Å². The minimum Gasteiger partial charge on any atom is -0.315 e. The second kappa shape index (κ2) is 8.13. The summed E-state index contributed by atoms with van der Waals surface area (Å²) in [6.07, 6.45) is 1.25. The maximum Gasteiger partial charge on any atom is 0.0219 e. The fourth-order valence-electron chi connectivity index (χ4n) is 2.90. The predicted octanol–water partition coefficient (Wildman–Crippen LogP) is 2.04. The van der Waals surface area contributed by atoms with Gasteiger partial charge in [0, 0.05) is 38.3 Å². The summed E-state index contributed by atoms with van der Waals surface area (Å²) in [5.74, 6) is 0.748. The Morgan fingerprint density at radius 1 is 1.17 bits per heavy atom. The summed E-state index contributed by atoms with van der Waals surface area (Å²) in [5.41, 5.74) is 0. The number of hydrogen-bond donors (Lipinski definition) is 1. The summed E-state index contributed by atoms with van der Waals surface area (Å²) in [5, 5.41) is 3.62. The molecule has 18 heavy (non-hydrogen) atoms. The van der Waals surface area contributed by atoms with Gasteiger partial charge in [-0.1, -0.05) is 27.7 Å². The highest BCUT2D eigenvalue weighted by molar-refractivity contribution is 4.83. The molecular weight excluding hydrogens is 222 g/mol. The Labute approximate surface area is 114 Å². The Morgan fingerprint density at radius 2 is 1.89 bits per heavy atom. The second-order valence-corrected chi connectivity index (χ2v) is 6.09. The summed E-state index contributed by atoms with van der Waals surface area (Å²) in [6.45, 7) is 18.7. The number of nitrogens with one attached hydrogen (secondary N) is 1. The van der Waals surface area contributed by atoms with Crippen LogP contribution in [0.3, 0.4) is 0 Å². The van der Waals surface area contributed by atoms with Crippen LogP contribution in [0.5, 0.6) is 0 Å². The normalized spacial score (nSPS) is 24.7. The first-order valence-corrected chi connectivity index (χ1v) is 7.77. The molecule has 1 N–H and O–H groups in total. The molecule has 2 atom stereocenters. The van der Waals surface area contributed by atoms with E-state index in [0.717, 1.165) is 19.0 Å². The van der Waals surface area contributed by atoms with E-state index >= 15 is 0 Å². The predicted molar refractivity (Wildman–Crippen MR) is 80.1 cm³/mol. The molecule has 0 aromatic rings. The van der Waals surface area contributed by atoms with Crippen LogP contribution in [0.15, 0.2) is 0 Å². The van der Waals surface area contributed by atoms with Gasteiger partial charge in [-0.05, 0) is 32.4 Å². The molecular formula is C15H33N3. The highest BCUT2D eigenvalue weighted by atomic mass is 15.3. The lowest BCUT2D eigenvalue weighted by molar-refractivity contribution is 0.0570. The van der Waals surface area contributed by atoms with Gasteiger partial charge in [0.2, 0.25) is 0 Å². The first-order chi connectivity index (χ1) is 8.58. The van der Waals surface area contributed by atoms with E-state index in [0.29, 0.717) is 12.1 Å². The van der Waals surface area contributed by atoms with Crippen LogP contribution < -0.4 is 5.32 Å². The summed E-state index contributed by atoms with van der Waals surface area (Å²) in [6, 6.07) is 1.42. The summed E-state index contributed by atoms with van der Waals surface area (Å²) >= 11 is 0. The minimum absolute atomic E-state index is 0.711. The van der Waals surface area contributed by atoms with E-state index in [2.05, 4.69) is 49.7 Å². The van der Waals surface area contributed by atoms with Crippen LogP contribution >= 0.6 is 0 Å². The molecule has 1 aliphatic heterocycles. The van der Waals surface area contributed by atoms with Crippen molar-refractivity contribution in [3.05, 3.63) is 0 Å². The topological polar surface area (TPSA) is 18.5 Å². The van der Waals surface area contributed by atoms with Gasteiger partial charge in [0.1, 0.15) is 0 Å². The first-order valence-electron chi connectivity index (χ1n) is 7.77. The molecule has 3 heteroatoms. The van der Waals surface area contributed by atoms with Gasteiger partial charge in [-0.2, -0.15) is 0 Å². The quantitative estimate of drug-likeness (QED) is 0.751. The molecule has 2 unspecified atom stereocenters. The van der Waals surface area contributed by atoms with E-state index < -0.39 is 0 Å². The lowest BCUT2D eigenvalue weighted by atomic mass is 10.1. The third-order valence-corrected chi connectivity index (χ3v) is 4.12. The second-order valence-electron chi connectivity index (χ2n) is 6.09. The standard InChI is InChI=1S/C15H33N3/c1-6-15(11-16-10-13(3)4)18-9-8-17(7-2)14(5)12-18/h13-16H,6-12H2,1-5H3. The highest BCUT2D eigenvalue weighted by Gasteiger charge is 2.26. The molecule has 0 bridgehead atoms. The SMILES string of the molecule is CCC(CNCC(C)C)N1CCN(CC)C(C)C1. The number of hydrogen-bond acceptors (Lipinski definition) is 3. The van der Waals surface area contributed by atoms with Crippen molar-refractivity contribution in [3.8, 4) is 0 Å². The van der Waals surface area contributed by atoms with Crippen molar-refractivity contribution in [3.63, 3.8) is 0 Å². The fraction of sp³-hybridized carbons (Fsp3) is 1.00. The smallest absolute Gasteiger partial charge is 0.0219 e. The van der Waals surface area contributed by atoms with E-state index in [-0.39, 0.29) is 0 Å². The van der Waals surface area contributed by atoms with Crippen LogP contribution in [0.4, 0.5) is 0 Å². The first kappa shape index (κ1) is 15.9. The Morgan fingerprint density at radius 3 is 2.39 bits per heavy atom. The summed E-state index contributed by atoms with van der Waals surface area (Å²) in [4.78, 5) is 5.27. The van der Waals surface area contributed by atoms with Gasteiger partial charge in [0.25, 0.3) is 0 Å². The molecule has 0 spiro atoms. The van der Waals surface area contributed by atoms with Crippen molar-refractivity contribution in [1.82, 2.24) is 15.1 Å². The molecule has 108 valence electrons. The fourth-order valence-corrected chi connectivity index (χ4v) is 2.90. The monoisotopic (exact) mass is 255 g/mol. The molecule has 0 amide bonds. The summed E-state index contributed by atoms with van der Waals surface area (Å²) < 4.78 is 0. The van der Waals surface area contributed by atoms with Gasteiger partial charge in [-0.15, -0.1) is 0 Å². The maximum absolute atomic E-state index is 3.62. The third-order valence-electron chi connectivity index (χ3n) is 4.12. The Balaban J connectivity index is 2.36. The van der Waals surface area contributed by atoms with Gasteiger partial charge in [0.15, 0.2) is 0 Å². The van der Waals surface area contributed by atoms with Gasteiger partial charge < -0.3 is 5.32 Å². The van der Waals surface area contributed by atoms with Crippen LogP contribution in [0.1, 0.15) is 41.0 Å². The number of rotatable bonds is 7. The van der Waals surface area contributed by atoms with E-state index in [4.69, 9.17) is 0 Å². The zero-order chi connectivity index (χ0) is 13.5. The van der Waals surface area contributed by atoms with Gasteiger partial charge in [0.05, 0.1) is 0 Å². The zero-order valence-electron chi connectivity index (χ0n) is 13.1. The number of nitrogens with zero attached hydrogens (tertiary/aromatic N) is 2. The maximum atomic E-state index is 3.62. The van der Waals surface area contributed by atoms with E-state index in [1.54, 1.807) is 0 Å². The van der Waals surface area contributed by atoms with Crippen molar-refractivity contribution in [2.45, 2.75) is 53.1 Å². The average Bonchev–Trinajstić information content (AvgIpc) is 2.34. The van der Waals surface area contributed by atoms with E-state index in [9.17, 15) is 0 Å². The van der Waals surface area contributed by atoms with Crippen LogP contribution in [0.25, 0.3) is 0 Å². The Hall–Kier alpha value is -0.120. The zero-order valence-corrected chi connectivity index (χ0v) is 13.1. The van der Waals surface area contributed by atoms with Crippen LogP contribution in [0, 0.1) is 5.92 Å². The lowest BCUT2D eigenvalue weighted by Gasteiger charge is -2.43. The molecule has 1 heterocycles. The van der Waals surface area contributed by atoms with Crippen molar-refractivity contribution < 1.29 is 0 Å². The number of likely N-dealkylation sites (N-methyl/N-ethyl adjacent to an activating group) is 1.